The number of hydrogen-bond donors (Lipinski definition) is 3. The van der Waals surface area contributed by atoms with Crippen molar-refractivity contribution in [1.82, 2.24) is 20.9 Å². The molecule has 7 atom stereocenters. The van der Waals surface area contributed by atoms with Crippen LogP contribution in [0.2, 0.25) is 0 Å². The average Bonchev–Trinajstić information content (AvgIpc) is 3.56. The fraction of sp³-hybridized carbons (Fsp3) is 0.800. The molecule has 1 saturated carbocycles. The molecule has 0 aromatic heterocycles. The van der Waals surface area contributed by atoms with E-state index < -0.39 is 0 Å². The summed E-state index contributed by atoms with van der Waals surface area (Å²) in [6.45, 7) is 1.80. The summed E-state index contributed by atoms with van der Waals surface area (Å²) in [5, 5.41) is 10.0. The van der Waals surface area contributed by atoms with Gasteiger partial charge in [0.2, 0.25) is 5.91 Å². The van der Waals surface area contributed by atoms with E-state index in [2.05, 4.69) is 20.9 Å². The van der Waals surface area contributed by atoms with E-state index in [1.807, 2.05) is 23.5 Å². The molecule has 5 heterocycles. The molecule has 4 saturated heterocycles. The van der Waals surface area contributed by atoms with Gasteiger partial charge in [0.25, 0.3) is 0 Å². The Morgan fingerprint density at radius 3 is 3.11 bits per heavy atom. The van der Waals surface area contributed by atoms with Crippen LogP contribution >= 0.6 is 23.5 Å². The van der Waals surface area contributed by atoms with Crippen LogP contribution in [-0.2, 0) is 14.3 Å². The predicted octanol–water partition coefficient (Wildman–Crippen LogP) is 2.18. The van der Waals surface area contributed by atoms with Crippen molar-refractivity contribution in [2.45, 2.75) is 98.1 Å². The molecular formula is C25H36N4O4S2. The normalized spacial score (nSPS) is 39.3. The van der Waals surface area contributed by atoms with Gasteiger partial charge in [-0.05, 0) is 44.2 Å². The van der Waals surface area contributed by atoms with Gasteiger partial charge >= 0.3 is 12.0 Å². The topological polar surface area (TPSA) is 99.8 Å². The lowest BCUT2D eigenvalue weighted by molar-refractivity contribution is -0.148. The molecule has 0 aromatic rings. The Bertz CT molecular complexity index is 916. The zero-order chi connectivity index (χ0) is 24.0. The summed E-state index contributed by atoms with van der Waals surface area (Å²) < 4.78 is 5.96. The molecule has 0 radical (unpaired) electrons. The van der Waals surface area contributed by atoms with Crippen LogP contribution in [0, 0.1) is 0 Å². The Kier molecular flexibility index (Phi) is 6.73. The van der Waals surface area contributed by atoms with Crippen molar-refractivity contribution in [3.63, 3.8) is 0 Å². The number of urea groups is 1. The molecule has 4 unspecified atom stereocenters. The lowest BCUT2D eigenvalue weighted by atomic mass is 9.77. The first-order chi connectivity index (χ1) is 17.0. The Balaban J connectivity index is 0.910. The van der Waals surface area contributed by atoms with Gasteiger partial charge in [0.15, 0.2) is 5.60 Å². The van der Waals surface area contributed by atoms with E-state index >= 15 is 0 Å². The number of nitrogens with zero attached hydrogens (tertiary/aromatic N) is 1. The highest BCUT2D eigenvalue weighted by molar-refractivity contribution is 8.00. The van der Waals surface area contributed by atoms with E-state index in [1.165, 1.54) is 18.4 Å². The lowest BCUT2D eigenvalue weighted by Crippen LogP contribution is -2.48. The number of amides is 3. The van der Waals surface area contributed by atoms with Crippen LogP contribution in [0.1, 0.15) is 57.8 Å². The molecular weight excluding hydrogens is 484 g/mol. The molecule has 3 amide bonds. The number of piperidine rings is 1. The van der Waals surface area contributed by atoms with Crippen LogP contribution in [0.3, 0.4) is 0 Å². The van der Waals surface area contributed by atoms with Gasteiger partial charge in [0.1, 0.15) is 0 Å². The van der Waals surface area contributed by atoms with Crippen molar-refractivity contribution < 1.29 is 19.1 Å². The van der Waals surface area contributed by atoms with Crippen LogP contribution in [-0.4, -0.2) is 87.7 Å². The van der Waals surface area contributed by atoms with Crippen LogP contribution in [0.4, 0.5) is 4.79 Å². The van der Waals surface area contributed by atoms with E-state index in [0.717, 1.165) is 56.6 Å². The van der Waals surface area contributed by atoms with E-state index in [4.69, 9.17) is 4.74 Å². The highest BCUT2D eigenvalue weighted by Gasteiger charge is 2.63. The number of esters is 1. The summed E-state index contributed by atoms with van der Waals surface area (Å²) in [7, 11) is 0. The van der Waals surface area contributed by atoms with Gasteiger partial charge in [-0.25, -0.2) is 9.59 Å². The number of carbonyl (C=O) groups excluding carboxylic acids is 3. The molecule has 1 spiro atoms. The number of rotatable bonds is 9. The Morgan fingerprint density at radius 1 is 1.29 bits per heavy atom. The van der Waals surface area contributed by atoms with Crippen LogP contribution in [0.25, 0.3) is 0 Å². The minimum atomic E-state index is -0.342. The first-order valence-electron chi connectivity index (χ1n) is 13.3. The van der Waals surface area contributed by atoms with E-state index in [1.54, 1.807) is 6.08 Å². The fourth-order valence-corrected chi connectivity index (χ4v) is 10.1. The molecule has 2 bridgehead atoms. The SMILES string of the molecule is O=C(CCCCC1SCC2NC(=O)NC21)NCCSC1CC2=CC(=O)O[C@@]23C[C@@H]1N1CCCC[C@@H]13. The molecule has 5 aliphatic heterocycles. The third-order valence-electron chi connectivity index (χ3n) is 8.83. The molecule has 0 aromatic carbocycles. The van der Waals surface area contributed by atoms with E-state index in [0.29, 0.717) is 35.5 Å². The Labute approximate surface area is 215 Å². The summed E-state index contributed by atoms with van der Waals surface area (Å²) in [4.78, 5) is 38.6. The summed E-state index contributed by atoms with van der Waals surface area (Å²) in [6, 6.07) is 1.30. The molecule has 8 nitrogen and oxygen atoms in total. The first-order valence-corrected chi connectivity index (χ1v) is 15.4. The maximum atomic E-state index is 12.4. The second-order valence-corrected chi connectivity index (χ2v) is 13.5. The molecule has 35 heavy (non-hydrogen) atoms. The summed E-state index contributed by atoms with van der Waals surface area (Å²) in [5.74, 6) is 1.86. The zero-order valence-corrected chi connectivity index (χ0v) is 21.8. The van der Waals surface area contributed by atoms with Gasteiger partial charge in [-0.2, -0.15) is 23.5 Å². The summed E-state index contributed by atoms with van der Waals surface area (Å²) in [6.07, 6.45) is 10.7. The van der Waals surface area contributed by atoms with Gasteiger partial charge in [-0.15, -0.1) is 0 Å². The Hall–Kier alpha value is -1.39. The standard InChI is InChI=1S/C25H36N4O4S2/c30-21(7-2-1-5-18-23-16(14-35-18)27-24(32)28-23)26-8-10-34-19-11-15-12-22(31)33-25(15)13-17(19)29-9-4-3-6-20(25)29/h12,16-20,23H,1-11,13-14H2,(H,26,30)(H2,27,28,32)/t16?,17-,18?,19?,20+,23?,25-/m0/s1. The number of nitrogens with one attached hydrogen (secondary N) is 3. The number of fused-ring (bicyclic) bond motifs is 4. The van der Waals surface area contributed by atoms with Crippen molar-refractivity contribution in [3.05, 3.63) is 11.6 Å². The largest absolute Gasteiger partial charge is 0.450 e. The minimum absolute atomic E-state index is 0.0411. The van der Waals surface area contributed by atoms with Crippen LogP contribution in [0.15, 0.2) is 11.6 Å². The smallest absolute Gasteiger partial charge is 0.331 e. The van der Waals surface area contributed by atoms with Crippen molar-refractivity contribution in [3.8, 4) is 0 Å². The lowest BCUT2D eigenvalue weighted by Gasteiger charge is -2.38. The maximum Gasteiger partial charge on any atom is 0.331 e. The highest BCUT2D eigenvalue weighted by Crippen LogP contribution is 2.55. The molecule has 3 N–H and O–H groups in total. The van der Waals surface area contributed by atoms with Gasteiger partial charge in [0, 0.05) is 53.5 Å². The first kappa shape index (κ1) is 24.0. The van der Waals surface area contributed by atoms with Crippen molar-refractivity contribution in [1.29, 1.82) is 0 Å². The molecule has 1 aliphatic carbocycles. The quantitative estimate of drug-likeness (QED) is 0.243. The number of unbranched alkanes of at least 4 members (excludes halogenated alkanes) is 1. The number of ether oxygens (including phenoxy) is 1. The van der Waals surface area contributed by atoms with E-state index in [9.17, 15) is 14.4 Å². The highest BCUT2D eigenvalue weighted by atomic mass is 32.2. The maximum absolute atomic E-state index is 12.4. The van der Waals surface area contributed by atoms with Gasteiger partial charge in [-0.1, -0.05) is 12.8 Å². The molecule has 6 aliphatic rings. The molecule has 10 heteroatoms. The second-order valence-electron chi connectivity index (χ2n) is 10.8. The summed E-state index contributed by atoms with van der Waals surface area (Å²) in [5.41, 5.74) is 0.875. The van der Waals surface area contributed by atoms with Crippen molar-refractivity contribution in [2.75, 3.05) is 24.6 Å². The average molecular weight is 521 g/mol. The van der Waals surface area contributed by atoms with Crippen molar-refractivity contribution in [2.24, 2.45) is 0 Å². The molecule has 192 valence electrons. The minimum Gasteiger partial charge on any atom is -0.450 e. The van der Waals surface area contributed by atoms with Crippen LogP contribution < -0.4 is 16.0 Å². The summed E-state index contributed by atoms with van der Waals surface area (Å²) >= 11 is 3.88. The fourth-order valence-electron chi connectivity index (χ4n) is 7.27. The number of hydrogen-bond acceptors (Lipinski definition) is 7. The zero-order valence-electron chi connectivity index (χ0n) is 20.1. The molecule has 5 fully saturated rings. The predicted molar refractivity (Wildman–Crippen MR) is 137 cm³/mol. The van der Waals surface area contributed by atoms with E-state index in [-0.39, 0.29) is 35.6 Å². The number of carbonyl (C=O) groups is 3. The monoisotopic (exact) mass is 520 g/mol. The van der Waals surface area contributed by atoms with Crippen molar-refractivity contribution >= 4 is 41.4 Å². The van der Waals surface area contributed by atoms with Gasteiger partial charge in [0.05, 0.1) is 18.1 Å². The number of thioether (sulfide) groups is 2. The third-order valence-corrected chi connectivity index (χ3v) is 11.7. The Morgan fingerprint density at radius 2 is 2.20 bits per heavy atom. The van der Waals surface area contributed by atoms with Gasteiger partial charge < -0.3 is 20.7 Å². The van der Waals surface area contributed by atoms with Gasteiger partial charge in [-0.3, -0.25) is 9.69 Å². The second kappa shape index (κ2) is 9.82. The molecule has 6 rings (SSSR count). The van der Waals surface area contributed by atoms with Crippen LogP contribution in [0.5, 0.6) is 0 Å². The third kappa shape index (κ3) is 4.48.